The highest BCUT2D eigenvalue weighted by atomic mass is 16.4. The van der Waals surface area contributed by atoms with Crippen molar-refractivity contribution in [3.05, 3.63) is 41.5 Å². The number of benzene rings is 1. The minimum Gasteiger partial charge on any atom is -0.481 e. The van der Waals surface area contributed by atoms with Crippen molar-refractivity contribution in [2.45, 2.75) is 39.2 Å². The van der Waals surface area contributed by atoms with E-state index in [0.717, 1.165) is 17.5 Å². The van der Waals surface area contributed by atoms with Gasteiger partial charge in [-0.3, -0.25) is 9.59 Å². The second-order valence-corrected chi connectivity index (χ2v) is 4.84. The van der Waals surface area contributed by atoms with Gasteiger partial charge in [-0.2, -0.15) is 0 Å². The summed E-state index contributed by atoms with van der Waals surface area (Å²) in [5.74, 6) is -1.16. The average Bonchev–Trinajstić information content (AvgIpc) is 2.37. The van der Waals surface area contributed by atoms with Gasteiger partial charge in [-0.05, 0) is 25.0 Å². The highest BCUT2D eigenvalue weighted by Crippen LogP contribution is 2.06. The summed E-state index contributed by atoms with van der Waals surface area (Å²) in [6.45, 7) is 3.96. The van der Waals surface area contributed by atoms with E-state index in [2.05, 4.69) is 5.32 Å². The second kappa shape index (κ2) is 8.15. The number of carboxylic acids is 1. The molecule has 0 aliphatic carbocycles. The molecule has 108 valence electrons. The molecule has 1 rings (SSSR count). The zero-order valence-corrected chi connectivity index (χ0v) is 11.9. The van der Waals surface area contributed by atoms with Crippen molar-refractivity contribution in [2.24, 2.45) is 0 Å². The number of carbonyl (C=O) groups excluding carboxylic acids is 1. The van der Waals surface area contributed by atoms with Crippen molar-refractivity contribution in [2.75, 3.05) is 0 Å². The second-order valence-electron chi connectivity index (χ2n) is 4.84. The zero-order valence-electron chi connectivity index (χ0n) is 11.9. The molecule has 1 aromatic carbocycles. The standard InChI is InChI=1S/C16H21NO3/c1-3-4-14(11-16(19)20)17-15(18)10-9-13-7-5-12(2)6-8-13/h5-10,14H,3-4,11H2,1-2H3,(H,17,18)(H,19,20)/b10-9+. The van der Waals surface area contributed by atoms with E-state index in [1.165, 1.54) is 6.08 Å². The van der Waals surface area contributed by atoms with Crippen LogP contribution < -0.4 is 5.32 Å². The third-order valence-corrected chi connectivity index (χ3v) is 2.91. The Bertz CT molecular complexity index is 477. The fraction of sp³-hybridized carbons (Fsp3) is 0.375. The number of carboxylic acid groups (broad SMARTS) is 1. The maximum atomic E-state index is 11.8. The molecule has 0 aliphatic rings. The number of nitrogens with one attached hydrogen (secondary N) is 1. The van der Waals surface area contributed by atoms with Gasteiger partial charge in [0.2, 0.25) is 5.91 Å². The van der Waals surface area contributed by atoms with Crippen molar-refractivity contribution in [3.63, 3.8) is 0 Å². The van der Waals surface area contributed by atoms with Crippen LogP contribution in [0.2, 0.25) is 0 Å². The molecule has 0 saturated carbocycles. The topological polar surface area (TPSA) is 66.4 Å². The molecule has 4 heteroatoms. The molecule has 0 spiro atoms. The number of hydrogen-bond donors (Lipinski definition) is 2. The van der Waals surface area contributed by atoms with Gasteiger partial charge in [-0.1, -0.05) is 43.2 Å². The van der Waals surface area contributed by atoms with Crippen LogP contribution in [0.25, 0.3) is 6.08 Å². The number of aliphatic carboxylic acids is 1. The summed E-state index contributed by atoms with van der Waals surface area (Å²) in [6.07, 6.45) is 4.61. The molecule has 4 nitrogen and oxygen atoms in total. The molecule has 0 aliphatic heterocycles. The van der Waals surface area contributed by atoms with Gasteiger partial charge in [0, 0.05) is 12.1 Å². The Kier molecular flexibility index (Phi) is 6.50. The largest absolute Gasteiger partial charge is 0.481 e. The number of rotatable bonds is 7. The van der Waals surface area contributed by atoms with Crippen LogP contribution in [0, 0.1) is 6.92 Å². The van der Waals surface area contributed by atoms with E-state index in [1.54, 1.807) is 6.08 Å². The van der Waals surface area contributed by atoms with E-state index in [4.69, 9.17) is 5.11 Å². The Labute approximate surface area is 119 Å². The Morgan fingerprint density at radius 2 is 1.95 bits per heavy atom. The predicted molar refractivity (Wildman–Crippen MR) is 79.3 cm³/mol. The summed E-state index contributed by atoms with van der Waals surface area (Å²) in [5, 5.41) is 11.5. The summed E-state index contributed by atoms with van der Waals surface area (Å²) >= 11 is 0. The molecular weight excluding hydrogens is 254 g/mol. The van der Waals surface area contributed by atoms with Crippen LogP contribution in [0.1, 0.15) is 37.3 Å². The van der Waals surface area contributed by atoms with Crippen molar-refractivity contribution < 1.29 is 14.7 Å². The lowest BCUT2D eigenvalue weighted by Gasteiger charge is -2.14. The Morgan fingerprint density at radius 1 is 1.30 bits per heavy atom. The number of hydrogen-bond acceptors (Lipinski definition) is 2. The Hall–Kier alpha value is -2.10. The molecule has 0 heterocycles. The molecule has 0 radical (unpaired) electrons. The fourth-order valence-electron chi connectivity index (χ4n) is 1.88. The summed E-state index contributed by atoms with van der Waals surface area (Å²) in [5.41, 5.74) is 2.10. The minimum absolute atomic E-state index is 0.0437. The maximum Gasteiger partial charge on any atom is 0.305 e. The van der Waals surface area contributed by atoms with E-state index in [9.17, 15) is 9.59 Å². The van der Waals surface area contributed by atoms with Crippen molar-refractivity contribution in [3.8, 4) is 0 Å². The Morgan fingerprint density at radius 3 is 2.50 bits per heavy atom. The van der Waals surface area contributed by atoms with Gasteiger partial charge in [0.15, 0.2) is 0 Å². The first-order valence-electron chi connectivity index (χ1n) is 6.78. The van der Waals surface area contributed by atoms with Gasteiger partial charge in [-0.15, -0.1) is 0 Å². The molecule has 0 bridgehead atoms. The Balaban J connectivity index is 2.56. The lowest BCUT2D eigenvalue weighted by Crippen LogP contribution is -2.35. The van der Waals surface area contributed by atoms with Gasteiger partial charge in [-0.25, -0.2) is 0 Å². The summed E-state index contributed by atoms with van der Waals surface area (Å²) in [6, 6.07) is 7.50. The quantitative estimate of drug-likeness (QED) is 0.752. The normalized spacial score (nSPS) is 12.3. The number of carbonyl (C=O) groups is 2. The van der Waals surface area contributed by atoms with Crippen molar-refractivity contribution in [1.29, 1.82) is 0 Å². The van der Waals surface area contributed by atoms with Crippen LogP contribution in [0.4, 0.5) is 0 Å². The van der Waals surface area contributed by atoms with Crippen molar-refractivity contribution >= 4 is 18.0 Å². The molecule has 0 saturated heterocycles. The molecular formula is C16H21NO3. The SMILES string of the molecule is CCCC(CC(=O)O)NC(=O)/C=C/c1ccc(C)cc1. The lowest BCUT2D eigenvalue weighted by atomic mass is 10.1. The highest BCUT2D eigenvalue weighted by molar-refractivity contribution is 5.92. The fourth-order valence-corrected chi connectivity index (χ4v) is 1.88. The monoisotopic (exact) mass is 275 g/mol. The molecule has 2 N–H and O–H groups in total. The van der Waals surface area contributed by atoms with E-state index in [1.807, 2.05) is 38.1 Å². The number of aryl methyl sites for hydroxylation is 1. The van der Waals surface area contributed by atoms with Crippen LogP contribution in [0.3, 0.4) is 0 Å². The van der Waals surface area contributed by atoms with Gasteiger partial charge in [0.25, 0.3) is 0 Å². The van der Waals surface area contributed by atoms with Crippen LogP contribution in [-0.2, 0) is 9.59 Å². The summed E-state index contributed by atoms with van der Waals surface area (Å²) in [4.78, 5) is 22.5. The summed E-state index contributed by atoms with van der Waals surface area (Å²) in [7, 11) is 0. The molecule has 0 fully saturated rings. The molecule has 1 unspecified atom stereocenters. The first kappa shape index (κ1) is 16.0. The molecule has 0 aromatic heterocycles. The average molecular weight is 275 g/mol. The lowest BCUT2D eigenvalue weighted by molar-refractivity contribution is -0.137. The van der Waals surface area contributed by atoms with Gasteiger partial charge in [0.1, 0.15) is 0 Å². The van der Waals surface area contributed by atoms with E-state index < -0.39 is 5.97 Å². The predicted octanol–water partition coefficient (Wildman–Crippen LogP) is 2.77. The van der Waals surface area contributed by atoms with Gasteiger partial charge in [0.05, 0.1) is 6.42 Å². The number of amides is 1. The van der Waals surface area contributed by atoms with Crippen molar-refractivity contribution in [1.82, 2.24) is 5.32 Å². The van der Waals surface area contributed by atoms with Gasteiger partial charge < -0.3 is 10.4 Å². The minimum atomic E-state index is -0.897. The van der Waals surface area contributed by atoms with E-state index in [0.29, 0.717) is 6.42 Å². The maximum absolute atomic E-state index is 11.8. The highest BCUT2D eigenvalue weighted by Gasteiger charge is 2.13. The molecule has 20 heavy (non-hydrogen) atoms. The molecule has 1 aromatic rings. The first-order valence-corrected chi connectivity index (χ1v) is 6.78. The smallest absolute Gasteiger partial charge is 0.305 e. The van der Waals surface area contributed by atoms with Crippen LogP contribution in [0.15, 0.2) is 30.3 Å². The van der Waals surface area contributed by atoms with Crippen LogP contribution in [-0.4, -0.2) is 23.0 Å². The molecule has 1 atom stereocenters. The van der Waals surface area contributed by atoms with Gasteiger partial charge >= 0.3 is 5.97 Å². The zero-order chi connectivity index (χ0) is 15.0. The first-order chi connectivity index (χ1) is 9.51. The molecule has 1 amide bonds. The van der Waals surface area contributed by atoms with Crippen LogP contribution >= 0.6 is 0 Å². The van der Waals surface area contributed by atoms with E-state index in [-0.39, 0.29) is 18.4 Å². The third-order valence-electron chi connectivity index (χ3n) is 2.91. The van der Waals surface area contributed by atoms with Crippen LogP contribution in [0.5, 0.6) is 0 Å². The van der Waals surface area contributed by atoms with E-state index >= 15 is 0 Å². The summed E-state index contributed by atoms with van der Waals surface area (Å²) < 4.78 is 0. The third kappa shape index (κ3) is 6.18.